The summed E-state index contributed by atoms with van der Waals surface area (Å²) in [5.41, 5.74) is 0.930. The Balaban J connectivity index is 1.59. The molecule has 1 aromatic carbocycles. The Kier molecular flexibility index (Phi) is 5.06. The number of hydrogen-bond donors (Lipinski definition) is 2. The largest absolute Gasteiger partial charge is 0.354 e. The van der Waals surface area contributed by atoms with Gasteiger partial charge in [-0.3, -0.25) is 24.1 Å². The Morgan fingerprint density at radius 2 is 1.73 bits per heavy atom. The van der Waals surface area contributed by atoms with Gasteiger partial charge in [-0.15, -0.1) is 0 Å². The molecule has 0 aromatic heterocycles. The second-order valence-corrected chi connectivity index (χ2v) is 7.20. The van der Waals surface area contributed by atoms with Crippen LogP contribution in [-0.2, 0) is 4.79 Å². The van der Waals surface area contributed by atoms with Crippen LogP contribution in [0.2, 0.25) is 0 Å². The first kappa shape index (κ1) is 18.1. The van der Waals surface area contributed by atoms with E-state index in [1.807, 2.05) is 13.8 Å². The molecular formula is C19H23N3O4. The summed E-state index contributed by atoms with van der Waals surface area (Å²) in [4.78, 5) is 49.8. The molecule has 26 heavy (non-hydrogen) atoms. The molecule has 7 heteroatoms. The molecule has 0 radical (unpaired) electrons. The van der Waals surface area contributed by atoms with Gasteiger partial charge in [0.15, 0.2) is 0 Å². The van der Waals surface area contributed by atoms with Crippen molar-refractivity contribution in [3.8, 4) is 0 Å². The smallest absolute Gasteiger partial charge is 0.261 e. The van der Waals surface area contributed by atoms with Gasteiger partial charge in [0, 0.05) is 31.1 Å². The van der Waals surface area contributed by atoms with Crippen LogP contribution in [0.25, 0.3) is 0 Å². The highest BCUT2D eigenvalue weighted by molar-refractivity contribution is 6.22. The number of nitrogens with one attached hydrogen (secondary N) is 2. The first-order valence-electron chi connectivity index (χ1n) is 8.94. The normalized spacial score (nSPS) is 16.0. The molecular weight excluding hydrogens is 334 g/mol. The topological polar surface area (TPSA) is 95.6 Å². The lowest BCUT2D eigenvalue weighted by Crippen LogP contribution is -2.35. The third-order valence-corrected chi connectivity index (χ3v) is 4.44. The highest BCUT2D eigenvalue weighted by atomic mass is 16.2. The summed E-state index contributed by atoms with van der Waals surface area (Å²) >= 11 is 0. The molecule has 1 aromatic rings. The van der Waals surface area contributed by atoms with Gasteiger partial charge in [-0.2, -0.15) is 0 Å². The van der Waals surface area contributed by atoms with Crippen LogP contribution < -0.4 is 10.6 Å². The SMILES string of the molecule is CC(C)CN1C(=O)c2ccc(C(=O)NCCNC(=O)C3CC3)cc2C1=O. The molecule has 0 saturated heterocycles. The minimum absolute atomic E-state index is 0.0335. The molecule has 1 saturated carbocycles. The second-order valence-electron chi connectivity index (χ2n) is 7.20. The third kappa shape index (κ3) is 3.76. The maximum atomic E-state index is 12.4. The summed E-state index contributed by atoms with van der Waals surface area (Å²) in [6.07, 6.45) is 1.88. The van der Waals surface area contributed by atoms with Crippen molar-refractivity contribution in [3.05, 3.63) is 34.9 Å². The summed E-state index contributed by atoms with van der Waals surface area (Å²) in [5, 5.41) is 5.48. The van der Waals surface area contributed by atoms with E-state index in [1.54, 1.807) is 6.07 Å². The molecule has 1 aliphatic carbocycles. The van der Waals surface area contributed by atoms with E-state index >= 15 is 0 Å². The quantitative estimate of drug-likeness (QED) is 0.566. The fourth-order valence-electron chi connectivity index (χ4n) is 2.92. The van der Waals surface area contributed by atoms with Crippen LogP contribution in [-0.4, -0.2) is 48.2 Å². The summed E-state index contributed by atoms with van der Waals surface area (Å²) < 4.78 is 0. The van der Waals surface area contributed by atoms with E-state index in [2.05, 4.69) is 10.6 Å². The lowest BCUT2D eigenvalue weighted by atomic mass is 10.1. The Hall–Kier alpha value is -2.70. The minimum Gasteiger partial charge on any atom is -0.354 e. The maximum absolute atomic E-state index is 12.4. The van der Waals surface area contributed by atoms with Crippen LogP contribution in [0.1, 0.15) is 57.8 Å². The van der Waals surface area contributed by atoms with Gasteiger partial charge in [0.05, 0.1) is 11.1 Å². The van der Waals surface area contributed by atoms with E-state index in [1.165, 1.54) is 17.0 Å². The van der Waals surface area contributed by atoms with Gasteiger partial charge >= 0.3 is 0 Å². The Bertz CT molecular complexity index is 768. The highest BCUT2D eigenvalue weighted by Crippen LogP contribution is 2.28. The average Bonchev–Trinajstić information content (AvgIpc) is 3.43. The number of fused-ring (bicyclic) bond motifs is 1. The van der Waals surface area contributed by atoms with Crippen LogP contribution >= 0.6 is 0 Å². The zero-order valence-corrected chi connectivity index (χ0v) is 15.0. The summed E-state index contributed by atoms with van der Waals surface area (Å²) in [5.74, 6) is -0.661. The number of imide groups is 1. The first-order chi connectivity index (χ1) is 12.4. The molecule has 7 nitrogen and oxygen atoms in total. The van der Waals surface area contributed by atoms with Crippen molar-refractivity contribution >= 4 is 23.6 Å². The Morgan fingerprint density at radius 3 is 2.38 bits per heavy atom. The van der Waals surface area contributed by atoms with Crippen LogP contribution in [0.3, 0.4) is 0 Å². The van der Waals surface area contributed by atoms with Gasteiger partial charge in [0.25, 0.3) is 17.7 Å². The van der Waals surface area contributed by atoms with E-state index in [-0.39, 0.29) is 41.0 Å². The van der Waals surface area contributed by atoms with E-state index in [0.29, 0.717) is 30.8 Å². The molecule has 3 rings (SSSR count). The molecule has 2 N–H and O–H groups in total. The molecule has 138 valence electrons. The molecule has 0 atom stereocenters. The van der Waals surface area contributed by atoms with Crippen molar-refractivity contribution in [1.29, 1.82) is 0 Å². The molecule has 4 amide bonds. The summed E-state index contributed by atoms with van der Waals surface area (Å²) in [6, 6.07) is 4.54. The fraction of sp³-hybridized carbons (Fsp3) is 0.474. The lowest BCUT2D eigenvalue weighted by Gasteiger charge is -2.15. The van der Waals surface area contributed by atoms with Crippen molar-refractivity contribution in [3.63, 3.8) is 0 Å². The molecule has 1 fully saturated rings. The van der Waals surface area contributed by atoms with Crippen molar-refractivity contribution in [2.45, 2.75) is 26.7 Å². The lowest BCUT2D eigenvalue weighted by molar-refractivity contribution is -0.122. The molecule has 0 bridgehead atoms. The number of benzene rings is 1. The van der Waals surface area contributed by atoms with Gasteiger partial charge in [0.2, 0.25) is 5.91 Å². The molecule has 0 unspecified atom stereocenters. The monoisotopic (exact) mass is 357 g/mol. The van der Waals surface area contributed by atoms with Gasteiger partial charge < -0.3 is 10.6 Å². The van der Waals surface area contributed by atoms with Gasteiger partial charge in [-0.05, 0) is 37.0 Å². The van der Waals surface area contributed by atoms with Crippen molar-refractivity contribution in [2.24, 2.45) is 11.8 Å². The van der Waals surface area contributed by atoms with Gasteiger partial charge in [0.1, 0.15) is 0 Å². The summed E-state index contributed by atoms with van der Waals surface area (Å²) in [7, 11) is 0. The minimum atomic E-state index is -0.356. The van der Waals surface area contributed by atoms with Gasteiger partial charge in [-0.1, -0.05) is 13.8 Å². The molecule has 0 spiro atoms. The number of carbonyl (C=O) groups is 4. The highest BCUT2D eigenvalue weighted by Gasteiger charge is 2.36. The zero-order chi connectivity index (χ0) is 18.8. The molecule has 2 aliphatic rings. The predicted molar refractivity (Wildman–Crippen MR) is 94.7 cm³/mol. The van der Waals surface area contributed by atoms with Crippen molar-refractivity contribution < 1.29 is 19.2 Å². The first-order valence-corrected chi connectivity index (χ1v) is 8.94. The predicted octanol–water partition coefficient (Wildman–Crippen LogP) is 1.19. The number of nitrogens with zero attached hydrogens (tertiary/aromatic N) is 1. The van der Waals surface area contributed by atoms with Gasteiger partial charge in [-0.25, -0.2) is 0 Å². The van der Waals surface area contributed by atoms with E-state index < -0.39 is 0 Å². The average molecular weight is 357 g/mol. The van der Waals surface area contributed by atoms with Crippen molar-refractivity contribution in [2.75, 3.05) is 19.6 Å². The van der Waals surface area contributed by atoms with E-state index in [4.69, 9.17) is 0 Å². The Morgan fingerprint density at radius 1 is 1.08 bits per heavy atom. The number of rotatable bonds is 7. The van der Waals surface area contributed by atoms with E-state index in [0.717, 1.165) is 12.8 Å². The standard InChI is InChI=1S/C19H23N3O4/c1-11(2)10-22-18(25)14-6-5-13(9-15(14)19(22)26)17(24)21-8-7-20-16(23)12-3-4-12/h5-6,9,11-12H,3-4,7-8,10H2,1-2H3,(H,20,23)(H,21,24). The number of carbonyl (C=O) groups excluding carboxylic acids is 4. The van der Waals surface area contributed by atoms with Crippen LogP contribution in [0.15, 0.2) is 18.2 Å². The Labute approximate surface area is 152 Å². The maximum Gasteiger partial charge on any atom is 0.261 e. The second kappa shape index (κ2) is 7.27. The molecule has 1 aliphatic heterocycles. The number of amides is 4. The fourth-order valence-corrected chi connectivity index (χ4v) is 2.92. The third-order valence-electron chi connectivity index (χ3n) is 4.44. The molecule has 1 heterocycles. The van der Waals surface area contributed by atoms with Crippen LogP contribution in [0.5, 0.6) is 0 Å². The summed E-state index contributed by atoms with van der Waals surface area (Å²) in [6.45, 7) is 4.90. The van der Waals surface area contributed by atoms with Crippen molar-refractivity contribution in [1.82, 2.24) is 15.5 Å². The van der Waals surface area contributed by atoms with E-state index in [9.17, 15) is 19.2 Å². The van der Waals surface area contributed by atoms with Crippen LogP contribution in [0, 0.1) is 11.8 Å². The van der Waals surface area contributed by atoms with Crippen LogP contribution in [0.4, 0.5) is 0 Å². The number of hydrogen-bond acceptors (Lipinski definition) is 4. The zero-order valence-electron chi connectivity index (χ0n) is 15.0.